The van der Waals surface area contributed by atoms with Crippen molar-refractivity contribution >= 4 is 34.6 Å². The fraction of sp³-hybridized carbons (Fsp3) is 0.263. The minimum absolute atomic E-state index is 0.0508. The second kappa shape index (κ2) is 8.75. The molecule has 2 aromatic heterocycles. The van der Waals surface area contributed by atoms with Crippen molar-refractivity contribution < 1.29 is 18.7 Å². The van der Waals surface area contributed by atoms with Crippen molar-refractivity contribution in [1.29, 1.82) is 0 Å². The fourth-order valence-corrected chi connectivity index (χ4v) is 3.27. The zero-order valence-electron chi connectivity index (χ0n) is 15.4. The van der Waals surface area contributed by atoms with Crippen molar-refractivity contribution in [2.45, 2.75) is 24.5 Å². The highest BCUT2D eigenvalue weighted by molar-refractivity contribution is 7.99. The third kappa shape index (κ3) is 5.01. The molecule has 0 unspecified atom stereocenters. The van der Waals surface area contributed by atoms with Gasteiger partial charge in [-0.25, -0.2) is 4.98 Å². The third-order valence-corrected chi connectivity index (χ3v) is 4.79. The molecule has 3 aromatic rings. The van der Waals surface area contributed by atoms with E-state index < -0.39 is 11.5 Å². The number of para-hydroxylation sites is 1. The first-order valence-electron chi connectivity index (χ1n) is 8.52. The first-order valence-corrected chi connectivity index (χ1v) is 9.51. The van der Waals surface area contributed by atoms with Gasteiger partial charge in [-0.3, -0.25) is 14.4 Å². The van der Waals surface area contributed by atoms with E-state index in [4.69, 9.17) is 4.42 Å². The molecule has 0 aliphatic rings. The van der Waals surface area contributed by atoms with Crippen LogP contribution in [0.25, 0.3) is 11.0 Å². The van der Waals surface area contributed by atoms with Crippen molar-refractivity contribution in [2.75, 3.05) is 12.9 Å². The van der Waals surface area contributed by atoms with Gasteiger partial charge in [0.05, 0.1) is 31.0 Å². The summed E-state index contributed by atoms with van der Waals surface area (Å²) in [6.07, 6.45) is -0.108. The third-order valence-electron chi connectivity index (χ3n) is 3.91. The zero-order chi connectivity index (χ0) is 20.1. The highest BCUT2D eigenvalue weighted by atomic mass is 32.2. The number of esters is 1. The van der Waals surface area contributed by atoms with E-state index in [0.717, 1.165) is 22.7 Å². The van der Waals surface area contributed by atoms with Gasteiger partial charge in [0, 0.05) is 11.5 Å². The SMILES string of the molecule is COC(=O)Cc1cc(=O)[nH]c(SCC(=O)N[C@H](C)c2cc3ccccc3o2)n1. The number of amides is 1. The molecular weight excluding hydrogens is 382 g/mol. The molecule has 0 radical (unpaired) electrons. The van der Waals surface area contributed by atoms with Crippen LogP contribution in [-0.4, -0.2) is 34.7 Å². The molecule has 0 aliphatic heterocycles. The van der Waals surface area contributed by atoms with Crippen molar-refractivity contribution in [1.82, 2.24) is 15.3 Å². The minimum atomic E-state index is -0.494. The Kier molecular flexibility index (Phi) is 6.15. The molecule has 9 heteroatoms. The maximum absolute atomic E-state index is 12.2. The maximum Gasteiger partial charge on any atom is 0.311 e. The van der Waals surface area contributed by atoms with Crippen LogP contribution in [-0.2, 0) is 20.7 Å². The summed E-state index contributed by atoms with van der Waals surface area (Å²) in [4.78, 5) is 42.0. The Bertz CT molecular complexity index is 1030. The number of hydrogen-bond acceptors (Lipinski definition) is 7. The first-order chi connectivity index (χ1) is 13.4. The molecule has 2 N–H and O–H groups in total. The van der Waals surface area contributed by atoms with Gasteiger partial charge in [0.25, 0.3) is 5.56 Å². The number of carbonyl (C=O) groups excluding carboxylic acids is 2. The van der Waals surface area contributed by atoms with Crippen molar-refractivity contribution in [2.24, 2.45) is 0 Å². The monoisotopic (exact) mass is 401 g/mol. The molecule has 1 atom stereocenters. The number of methoxy groups -OCH3 is 1. The van der Waals surface area contributed by atoms with Gasteiger partial charge in [-0.15, -0.1) is 0 Å². The minimum Gasteiger partial charge on any atom is -0.469 e. The molecule has 1 aromatic carbocycles. The molecule has 8 nitrogen and oxygen atoms in total. The number of carbonyl (C=O) groups is 2. The second-order valence-corrected chi connectivity index (χ2v) is 7.02. The number of aromatic nitrogens is 2. The Morgan fingerprint density at radius 2 is 2.11 bits per heavy atom. The maximum atomic E-state index is 12.2. The van der Waals surface area contributed by atoms with Crippen LogP contribution in [0.4, 0.5) is 0 Å². The molecule has 1 amide bonds. The highest BCUT2D eigenvalue weighted by Gasteiger charge is 2.15. The van der Waals surface area contributed by atoms with E-state index in [2.05, 4.69) is 20.0 Å². The van der Waals surface area contributed by atoms with Gasteiger partial charge in [-0.1, -0.05) is 30.0 Å². The largest absolute Gasteiger partial charge is 0.469 e. The number of thioether (sulfide) groups is 1. The lowest BCUT2D eigenvalue weighted by molar-refractivity contribution is -0.139. The van der Waals surface area contributed by atoms with Crippen LogP contribution in [0, 0.1) is 0 Å². The summed E-state index contributed by atoms with van der Waals surface area (Å²) in [5.41, 5.74) is 0.652. The Morgan fingerprint density at radius 1 is 1.32 bits per heavy atom. The van der Waals surface area contributed by atoms with Gasteiger partial charge in [-0.2, -0.15) is 0 Å². The zero-order valence-corrected chi connectivity index (χ0v) is 16.2. The Labute approximate surface area is 164 Å². The number of ether oxygens (including phenoxy) is 1. The van der Waals surface area contributed by atoms with E-state index in [0.29, 0.717) is 5.76 Å². The molecule has 3 rings (SSSR count). The smallest absolute Gasteiger partial charge is 0.311 e. The van der Waals surface area contributed by atoms with Crippen LogP contribution < -0.4 is 10.9 Å². The normalized spacial score (nSPS) is 11.9. The lowest BCUT2D eigenvalue weighted by Gasteiger charge is -2.11. The number of fused-ring (bicyclic) bond motifs is 1. The van der Waals surface area contributed by atoms with Crippen LogP contribution in [0.3, 0.4) is 0 Å². The van der Waals surface area contributed by atoms with Gasteiger partial charge >= 0.3 is 5.97 Å². The standard InChI is InChI=1S/C19H19N3O5S/c1-11(15-7-12-5-3-4-6-14(12)27-15)20-17(24)10-28-19-21-13(8-16(23)22-19)9-18(25)26-2/h3-8,11H,9-10H2,1-2H3,(H,20,24)(H,21,22,23)/t11-/m1/s1. The molecule has 0 fully saturated rings. The molecule has 0 bridgehead atoms. The van der Waals surface area contributed by atoms with Gasteiger partial charge in [-0.05, 0) is 19.1 Å². The second-order valence-electron chi connectivity index (χ2n) is 6.06. The average molecular weight is 401 g/mol. The summed E-state index contributed by atoms with van der Waals surface area (Å²) < 4.78 is 10.3. The summed E-state index contributed by atoms with van der Waals surface area (Å²) in [5, 5.41) is 4.08. The van der Waals surface area contributed by atoms with Crippen LogP contribution in [0.15, 0.2) is 50.8 Å². The van der Waals surface area contributed by atoms with Gasteiger partial charge < -0.3 is 19.5 Å². The molecule has 0 spiro atoms. The molecule has 0 saturated heterocycles. The van der Waals surface area contributed by atoms with Gasteiger partial charge in [0.2, 0.25) is 5.91 Å². The number of hydrogen-bond donors (Lipinski definition) is 2. The Hall–Kier alpha value is -3.07. The molecule has 2 heterocycles. The number of H-pyrrole nitrogens is 1. The number of rotatable bonds is 7. The van der Waals surface area contributed by atoms with E-state index in [1.54, 1.807) is 0 Å². The lowest BCUT2D eigenvalue weighted by atomic mass is 10.2. The van der Waals surface area contributed by atoms with Crippen molar-refractivity contribution in [3.8, 4) is 0 Å². The predicted molar refractivity (Wildman–Crippen MR) is 104 cm³/mol. The molecule has 28 heavy (non-hydrogen) atoms. The number of benzene rings is 1. The van der Waals surface area contributed by atoms with Gasteiger partial charge in [0.1, 0.15) is 11.3 Å². The molecule has 0 saturated carbocycles. The first kappa shape index (κ1) is 19.7. The number of furan rings is 1. The highest BCUT2D eigenvalue weighted by Crippen LogP contribution is 2.23. The Balaban J connectivity index is 1.59. The topological polar surface area (TPSA) is 114 Å². The summed E-state index contributed by atoms with van der Waals surface area (Å²) in [5.74, 6) is -0.0218. The van der Waals surface area contributed by atoms with Crippen LogP contribution in [0.2, 0.25) is 0 Å². The van der Waals surface area contributed by atoms with Gasteiger partial charge in [0.15, 0.2) is 5.16 Å². The summed E-state index contributed by atoms with van der Waals surface area (Å²) in [7, 11) is 1.26. The number of aromatic amines is 1. The van der Waals surface area contributed by atoms with Crippen molar-refractivity contribution in [3.05, 3.63) is 58.2 Å². The Morgan fingerprint density at radius 3 is 2.86 bits per heavy atom. The number of nitrogens with one attached hydrogen (secondary N) is 2. The summed E-state index contributed by atoms with van der Waals surface area (Å²) >= 11 is 1.07. The van der Waals surface area contributed by atoms with Crippen LogP contribution >= 0.6 is 11.8 Å². The fourth-order valence-electron chi connectivity index (χ4n) is 2.57. The van der Waals surface area contributed by atoms with E-state index >= 15 is 0 Å². The van der Waals surface area contributed by atoms with E-state index in [1.165, 1.54) is 13.2 Å². The predicted octanol–water partition coefficient (Wildman–Crippen LogP) is 2.20. The molecule has 0 aliphatic carbocycles. The summed E-state index contributed by atoms with van der Waals surface area (Å²) in [6, 6.07) is 10.4. The van der Waals surface area contributed by atoms with Crippen molar-refractivity contribution in [3.63, 3.8) is 0 Å². The van der Waals surface area contributed by atoms with E-state index in [9.17, 15) is 14.4 Å². The van der Waals surface area contributed by atoms with Crippen LogP contribution in [0.5, 0.6) is 0 Å². The van der Waals surface area contributed by atoms with E-state index in [1.807, 2.05) is 37.3 Å². The van der Waals surface area contributed by atoms with E-state index in [-0.39, 0.29) is 35.0 Å². The molecule has 146 valence electrons. The van der Waals surface area contributed by atoms with Crippen LogP contribution in [0.1, 0.15) is 24.4 Å². The number of nitrogens with zero attached hydrogens (tertiary/aromatic N) is 1. The quantitative estimate of drug-likeness (QED) is 0.354. The lowest BCUT2D eigenvalue weighted by Crippen LogP contribution is -2.28. The molecular formula is C19H19N3O5S. The summed E-state index contributed by atoms with van der Waals surface area (Å²) in [6.45, 7) is 1.83. The average Bonchev–Trinajstić information content (AvgIpc) is 3.10.